The fourth-order valence-electron chi connectivity index (χ4n) is 5.47. The number of hydrogen-bond acceptors (Lipinski definition) is 5. The number of amides is 2. The van der Waals surface area contributed by atoms with Gasteiger partial charge in [0, 0.05) is 19.8 Å². The first-order valence-corrected chi connectivity index (χ1v) is 12.3. The zero-order chi connectivity index (χ0) is 23.5. The van der Waals surface area contributed by atoms with Gasteiger partial charge in [-0.1, -0.05) is 69.0 Å². The Balaban J connectivity index is 1.39. The monoisotopic (exact) mass is 452 g/mol. The van der Waals surface area contributed by atoms with Gasteiger partial charge >= 0.3 is 0 Å². The summed E-state index contributed by atoms with van der Waals surface area (Å²) in [7, 11) is 0. The Morgan fingerprint density at radius 2 is 1.82 bits per heavy atom. The van der Waals surface area contributed by atoms with E-state index in [9.17, 15) is 9.59 Å². The van der Waals surface area contributed by atoms with E-state index in [0.29, 0.717) is 18.1 Å². The number of carbonyl (C=O) groups is 2. The normalized spacial score (nSPS) is 21.5. The van der Waals surface area contributed by atoms with E-state index < -0.39 is 5.54 Å². The fourth-order valence-corrected chi connectivity index (χ4v) is 5.47. The minimum atomic E-state index is -0.565. The maximum Gasteiger partial charge on any atom is 0.227 e. The molecule has 0 radical (unpaired) electrons. The molecule has 0 bridgehead atoms. The first-order valence-electron chi connectivity index (χ1n) is 12.3. The summed E-state index contributed by atoms with van der Waals surface area (Å²) in [6.07, 6.45) is 8.59. The second kappa shape index (κ2) is 9.65. The molecular weight excluding hydrogens is 416 g/mol. The number of fused-ring (bicyclic) bond motifs is 1. The van der Waals surface area contributed by atoms with Gasteiger partial charge in [-0.3, -0.25) is 9.59 Å². The van der Waals surface area contributed by atoms with Crippen LogP contribution in [0.4, 0.5) is 0 Å². The predicted octanol–water partition coefficient (Wildman–Crippen LogP) is 4.62. The molecule has 1 saturated carbocycles. The van der Waals surface area contributed by atoms with Crippen molar-refractivity contribution >= 4 is 11.8 Å². The number of aryl methyl sites for hydroxylation is 1. The summed E-state index contributed by atoms with van der Waals surface area (Å²) in [5.74, 6) is 0.886. The molecule has 0 aliphatic heterocycles. The van der Waals surface area contributed by atoms with Crippen molar-refractivity contribution in [2.45, 2.75) is 102 Å². The average molecular weight is 453 g/mol. The van der Waals surface area contributed by atoms with Crippen LogP contribution < -0.4 is 10.6 Å². The van der Waals surface area contributed by atoms with E-state index in [0.717, 1.165) is 51.4 Å². The summed E-state index contributed by atoms with van der Waals surface area (Å²) in [6, 6.07) is 8.44. The van der Waals surface area contributed by atoms with Crippen LogP contribution in [0.25, 0.3) is 0 Å². The number of rotatable bonds is 6. The third-order valence-electron chi connectivity index (χ3n) is 7.29. The fraction of sp³-hybridized carbons (Fsp3) is 0.615. The number of benzene rings is 1. The van der Waals surface area contributed by atoms with Gasteiger partial charge in [0.25, 0.3) is 0 Å². The highest BCUT2D eigenvalue weighted by Crippen LogP contribution is 2.41. The molecule has 1 heterocycles. The third-order valence-corrected chi connectivity index (χ3v) is 7.29. The number of carbonyl (C=O) groups excluding carboxylic acids is 2. The Morgan fingerprint density at radius 3 is 2.55 bits per heavy atom. The predicted molar refractivity (Wildman–Crippen MR) is 125 cm³/mol. The minimum Gasteiger partial charge on any atom is -0.349 e. The minimum absolute atomic E-state index is 0.0136. The molecule has 4 rings (SSSR count). The highest BCUT2D eigenvalue weighted by atomic mass is 16.5. The van der Waals surface area contributed by atoms with E-state index in [1.54, 1.807) is 0 Å². The van der Waals surface area contributed by atoms with E-state index >= 15 is 0 Å². The first kappa shape index (κ1) is 23.5. The summed E-state index contributed by atoms with van der Waals surface area (Å²) in [6.45, 7) is 6.06. The lowest BCUT2D eigenvalue weighted by Gasteiger charge is -2.37. The van der Waals surface area contributed by atoms with Crippen LogP contribution in [0.15, 0.2) is 28.8 Å². The maximum atomic E-state index is 12.8. The van der Waals surface area contributed by atoms with Crippen molar-refractivity contribution in [2.75, 3.05) is 0 Å². The smallest absolute Gasteiger partial charge is 0.227 e. The first-order chi connectivity index (χ1) is 15.8. The molecule has 2 N–H and O–H groups in total. The highest BCUT2D eigenvalue weighted by molar-refractivity contribution is 5.76. The number of hydrogen-bond donors (Lipinski definition) is 2. The van der Waals surface area contributed by atoms with Crippen LogP contribution in [0.3, 0.4) is 0 Å². The zero-order valence-electron chi connectivity index (χ0n) is 20.1. The molecule has 178 valence electrons. The van der Waals surface area contributed by atoms with E-state index in [2.05, 4.69) is 52.8 Å². The molecule has 1 aromatic heterocycles. The molecule has 1 aromatic carbocycles. The van der Waals surface area contributed by atoms with Gasteiger partial charge in [-0.2, -0.15) is 4.98 Å². The van der Waals surface area contributed by atoms with Gasteiger partial charge in [0.05, 0.1) is 6.04 Å². The highest BCUT2D eigenvalue weighted by Gasteiger charge is 2.38. The van der Waals surface area contributed by atoms with Crippen molar-refractivity contribution in [1.29, 1.82) is 0 Å². The summed E-state index contributed by atoms with van der Waals surface area (Å²) < 4.78 is 5.50. The molecule has 7 nitrogen and oxygen atoms in total. The standard InChI is InChI=1S/C26H36N4O3/c1-18(31)29-26(15-8-4-5-9-16-26)24-28-23(33-30-24)13-12-22(32)27-21-14-17-25(2,3)20-11-7-6-10-19(20)21/h6-7,10-11,21H,4-5,8-9,12-17H2,1-3H3,(H,27,32)(H,29,31). The average Bonchev–Trinajstić information content (AvgIpc) is 3.14. The van der Waals surface area contributed by atoms with Crippen molar-refractivity contribution in [3.05, 3.63) is 47.1 Å². The van der Waals surface area contributed by atoms with Gasteiger partial charge in [0.2, 0.25) is 17.7 Å². The number of nitrogens with zero attached hydrogens (tertiary/aromatic N) is 2. The van der Waals surface area contributed by atoms with E-state index in [-0.39, 0.29) is 29.7 Å². The van der Waals surface area contributed by atoms with Gasteiger partial charge in [0.1, 0.15) is 5.54 Å². The van der Waals surface area contributed by atoms with E-state index in [1.807, 2.05) is 6.07 Å². The van der Waals surface area contributed by atoms with Gasteiger partial charge in [-0.25, -0.2) is 0 Å². The lowest BCUT2D eigenvalue weighted by Crippen LogP contribution is -2.45. The zero-order valence-corrected chi connectivity index (χ0v) is 20.1. The molecule has 2 aromatic rings. The topological polar surface area (TPSA) is 97.1 Å². The van der Waals surface area contributed by atoms with Crippen LogP contribution in [0.1, 0.15) is 107 Å². The van der Waals surface area contributed by atoms with Crippen molar-refractivity contribution < 1.29 is 14.1 Å². The van der Waals surface area contributed by atoms with Crippen molar-refractivity contribution in [3.8, 4) is 0 Å². The Kier molecular flexibility index (Phi) is 6.86. The largest absolute Gasteiger partial charge is 0.349 e. The van der Waals surface area contributed by atoms with Crippen molar-refractivity contribution in [3.63, 3.8) is 0 Å². The Morgan fingerprint density at radius 1 is 1.09 bits per heavy atom. The Bertz CT molecular complexity index is 989. The number of nitrogens with one attached hydrogen (secondary N) is 2. The molecule has 1 atom stereocenters. The lowest BCUT2D eigenvalue weighted by atomic mass is 9.71. The molecule has 2 amide bonds. The molecule has 2 aliphatic rings. The molecule has 33 heavy (non-hydrogen) atoms. The summed E-state index contributed by atoms with van der Waals surface area (Å²) in [5.41, 5.74) is 2.09. The van der Waals surface area contributed by atoms with Gasteiger partial charge < -0.3 is 15.2 Å². The Hall–Kier alpha value is -2.70. The summed E-state index contributed by atoms with van der Waals surface area (Å²) in [4.78, 5) is 29.3. The second-order valence-electron chi connectivity index (χ2n) is 10.3. The molecule has 1 unspecified atom stereocenters. The molecule has 0 saturated heterocycles. The maximum absolute atomic E-state index is 12.8. The van der Waals surface area contributed by atoms with Crippen LogP contribution in [-0.4, -0.2) is 22.0 Å². The summed E-state index contributed by atoms with van der Waals surface area (Å²) >= 11 is 0. The lowest BCUT2D eigenvalue weighted by molar-refractivity contribution is -0.122. The van der Waals surface area contributed by atoms with Gasteiger partial charge in [0.15, 0.2) is 5.82 Å². The Labute approximate surface area is 196 Å². The van der Waals surface area contributed by atoms with Crippen molar-refractivity contribution in [2.24, 2.45) is 0 Å². The molecule has 7 heteroatoms. The SMILES string of the molecule is CC(=O)NC1(c2noc(CCC(=O)NC3CCC(C)(C)c4ccccc43)n2)CCCCCC1. The van der Waals surface area contributed by atoms with Crippen molar-refractivity contribution in [1.82, 2.24) is 20.8 Å². The van der Waals surface area contributed by atoms with Gasteiger partial charge in [-0.15, -0.1) is 0 Å². The molecule has 1 fully saturated rings. The molecule has 2 aliphatic carbocycles. The quantitative estimate of drug-likeness (QED) is 0.624. The molecule has 0 spiro atoms. The van der Waals surface area contributed by atoms with Crippen LogP contribution in [0.2, 0.25) is 0 Å². The second-order valence-corrected chi connectivity index (χ2v) is 10.3. The third kappa shape index (κ3) is 5.28. The molecular formula is C26H36N4O3. The van der Waals surface area contributed by atoms with E-state index in [4.69, 9.17) is 4.52 Å². The van der Waals surface area contributed by atoms with E-state index in [1.165, 1.54) is 18.1 Å². The van der Waals surface area contributed by atoms with Crippen LogP contribution in [0, 0.1) is 0 Å². The summed E-state index contributed by atoms with van der Waals surface area (Å²) in [5, 5.41) is 10.5. The van der Waals surface area contributed by atoms with Gasteiger partial charge in [-0.05, 0) is 42.2 Å². The van der Waals surface area contributed by atoms with Crippen LogP contribution in [0.5, 0.6) is 0 Å². The van der Waals surface area contributed by atoms with Crippen LogP contribution >= 0.6 is 0 Å². The number of aromatic nitrogens is 2. The van der Waals surface area contributed by atoms with Crippen LogP contribution in [-0.2, 0) is 27.0 Å².